The van der Waals surface area contributed by atoms with Crippen molar-refractivity contribution < 1.29 is 0 Å². The first kappa shape index (κ1) is 15.4. The molecular weight excluding hydrogens is 286 g/mol. The van der Waals surface area contributed by atoms with Gasteiger partial charge in [-0.25, -0.2) is 4.98 Å². The molecule has 1 N–H and O–H groups in total. The number of aromatic nitrogens is 2. The molecule has 0 radical (unpaired) electrons. The van der Waals surface area contributed by atoms with Crippen LogP contribution in [0.1, 0.15) is 37.3 Å². The van der Waals surface area contributed by atoms with Gasteiger partial charge in [-0.05, 0) is 38.6 Å². The zero-order valence-corrected chi connectivity index (χ0v) is 13.7. The molecule has 0 fully saturated rings. The highest BCUT2D eigenvalue weighted by molar-refractivity contribution is 5.77. The molecule has 0 bridgehead atoms. The normalized spacial score (nSPS) is 14.1. The smallest absolute Gasteiger partial charge is 0.258 e. The van der Waals surface area contributed by atoms with E-state index in [0.29, 0.717) is 11.2 Å². The van der Waals surface area contributed by atoms with Crippen LogP contribution in [0.25, 0.3) is 10.9 Å². The molecule has 23 heavy (non-hydrogen) atoms. The lowest BCUT2D eigenvalue weighted by molar-refractivity contribution is 0.192. The van der Waals surface area contributed by atoms with Crippen LogP contribution in [0, 0.1) is 0 Å². The summed E-state index contributed by atoms with van der Waals surface area (Å²) in [7, 11) is 2.05. The van der Waals surface area contributed by atoms with Gasteiger partial charge in [0.2, 0.25) is 0 Å². The molecule has 0 aliphatic heterocycles. The fraction of sp³-hybridized carbons (Fsp3) is 0.263. The summed E-state index contributed by atoms with van der Waals surface area (Å²) in [5, 5.41) is 0.627. The largest absolute Gasteiger partial charge is 0.309 e. The molecule has 0 aliphatic carbocycles. The summed E-state index contributed by atoms with van der Waals surface area (Å²) in [5.41, 5.74) is 1.89. The molecule has 3 rings (SSSR count). The summed E-state index contributed by atoms with van der Waals surface area (Å²) in [6.45, 7) is 4.22. The topological polar surface area (TPSA) is 49.0 Å². The van der Waals surface area contributed by atoms with Crippen LogP contribution in [0.3, 0.4) is 0 Å². The van der Waals surface area contributed by atoms with Gasteiger partial charge < -0.3 is 4.98 Å². The van der Waals surface area contributed by atoms with E-state index < -0.39 is 0 Å². The van der Waals surface area contributed by atoms with Gasteiger partial charge in [0.15, 0.2) is 0 Å². The maximum Gasteiger partial charge on any atom is 0.258 e. The number of nitrogens with zero attached hydrogens (tertiary/aromatic N) is 2. The van der Waals surface area contributed by atoms with Gasteiger partial charge in [-0.2, -0.15) is 0 Å². The van der Waals surface area contributed by atoms with Gasteiger partial charge >= 0.3 is 0 Å². The third kappa shape index (κ3) is 3.03. The highest BCUT2D eigenvalue weighted by Gasteiger charge is 2.21. The van der Waals surface area contributed by atoms with Crippen molar-refractivity contribution in [2.24, 2.45) is 0 Å². The maximum atomic E-state index is 12.3. The Balaban J connectivity index is 1.93. The van der Waals surface area contributed by atoms with Crippen LogP contribution >= 0.6 is 0 Å². The predicted molar refractivity (Wildman–Crippen MR) is 93.4 cm³/mol. The third-order valence-corrected chi connectivity index (χ3v) is 4.53. The number of hydrogen-bond acceptors (Lipinski definition) is 3. The minimum Gasteiger partial charge on any atom is -0.309 e. The Morgan fingerprint density at radius 3 is 2.35 bits per heavy atom. The van der Waals surface area contributed by atoms with Crippen molar-refractivity contribution in [3.05, 3.63) is 76.3 Å². The summed E-state index contributed by atoms with van der Waals surface area (Å²) >= 11 is 0. The van der Waals surface area contributed by atoms with Gasteiger partial charge in [-0.3, -0.25) is 9.69 Å². The molecule has 3 aromatic rings. The van der Waals surface area contributed by atoms with Crippen LogP contribution in [-0.4, -0.2) is 21.9 Å². The maximum absolute atomic E-state index is 12.3. The van der Waals surface area contributed by atoms with Crippen molar-refractivity contribution in [2.75, 3.05) is 7.05 Å². The molecule has 0 saturated heterocycles. The molecule has 0 unspecified atom stereocenters. The van der Waals surface area contributed by atoms with Gasteiger partial charge in [0.25, 0.3) is 5.56 Å². The molecule has 118 valence electrons. The Kier molecular flexibility index (Phi) is 4.26. The first-order chi connectivity index (χ1) is 11.1. The van der Waals surface area contributed by atoms with E-state index in [0.717, 1.165) is 5.52 Å². The number of aromatic amines is 1. The Hall–Kier alpha value is -2.46. The average molecular weight is 307 g/mol. The molecule has 0 aliphatic rings. The quantitative estimate of drug-likeness (QED) is 0.800. The minimum atomic E-state index is -0.0850. The molecule has 2 aromatic carbocycles. The fourth-order valence-corrected chi connectivity index (χ4v) is 2.80. The molecule has 1 aromatic heterocycles. The van der Waals surface area contributed by atoms with E-state index in [2.05, 4.69) is 47.9 Å². The van der Waals surface area contributed by atoms with Gasteiger partial charge in [0.1, 0.15) is 5.82 Å². The lowest BCUT2D eigenvalue weighted by atomic mass is 10.1. The molecule has 2 atom stereocenters. The van der Waals surface area contributed by atoms with E-state index in [1.165, 1.54) is 5.56 Å². The second-order valence-corrected chi connectivity index (χ2v) is 5.90. The van der Waals surface area contributed by atoms with E-state index in [1.54, 1.807) is 6.07 Å². The number of benzene rings is 2. The van der Waals surface area contributed by atoms with Gasteiger partial charge in [0, 0.05) is 6.04 Å². The van der Waals surface area contributed by atoms with E-state index in [4.69, 9.17) is 0 Å². The standard InChI is InChI=1S/C19H21N3O/c1-13(15-9-5-4-6-10-15)22(3)14(2)18-20-17-12-8-7-11-16(17)19(23)21-18/h4-14H,1-3H3,(H,20,21,23)/t13-,14+/m0/s1. The first-order valence-corrected chi connectivity index (χ1v) is 7.84. The number of H-pyrrole nitrogens is 1. The van der Waals surface area contributed by atoms with Crippen molar-refractivity contribution in [3.8, 4) is 0 Å². The van der Waals surface area contributed by atoms with Crippen molar-refractivity contribution in [1.29, 1.82) is 0 Å². The highest BCUT2D eigenvalue weighted by Crippen LogP contribution is 2.26. The zero-order chi connectivity index (χ0) is 16.4. The highest BCUT2D eigenvalue weighted by atomic mass is 16.1. The Bertz CT molecular complexity index is 857. The van der Waals surface area contributed by atoms with Crippen molar-refractivity contribution in [2.45, 2.75) is 25.9 Å². The van der Waals surface area contributed by atoms with Crippen LogP contribution < -0.4 is 5.56 Å². The number of fused-ring (bicyclic) bond motifs is 1. The lowest BCUT2D eigenvalue weighted by Gasteiger charge is -2.30. The van der Waals surface area contributed by atoms with Gasteiger partial charge in [-0.15, -0.1) is 0 Å². The Morgan fingerprint density at radius 2 is 1.61 bits per heavy atom. The van der Waals surface area contributed by atoms with E-state index >= 15 is 0 Å². The van der Waals surface area contributed by atoms with E-state index in [-0.39, 0.29) is 17.6 Å². The predicted octanol–water partition coefficient (Wildman–Crippen LogP) is 3.68. The minimum absolute atomic E-state index is 0.00233. The molecule has 4 heteroatoms. The molecule has 0 amide bonds. The number of hydrogen-bond donors (Lipinski definition) is 1. The van der Waals surface area contributed by atoms with Crippen molar-refractivity contribution in [1.82, 2.24) is 14.9 Å². The summed E-state index contributed by atoms with van der Waals surface area (Å²) in [5.74, 6) is 0.694. The lowest BCUT2D eigenvalue weighted by Crippen LogP contribution is -2.28. The Labute approximate surface area is 135 Å². The van der Waals surface area contributed by atoms with Crippen molar-refractivity contribution in [3.63, 3.8) is 0 Å². The number of rotatable bonds is 4. The van der Waals surface area contributed by atoms with Gasteiger partial charge in [-0.1, -0.05) is 42.5 Å². The van der Waals surface area contributed by atoms with Gasteiger partial charge in [0.05, 0.1) is 16.9 Å². The summed E-state index contributed by atoms with van der Waals surface area (Å²) in [4.78, 5) is 22.0. The van der Waals surface area contributed by atoms with Crippen LogP contribution in [0.15, 0.2) is 59.4 Å². The molecular formula is C19H21N3O. The average Bonchev–Trinajstić information content (AvgIpc) is 2.60. The van der Waals surface area contributed by atoms with E-state index in [9.17, 15) is 4.79 Å². The Morgan fingerprint density at radius 1 is 0.957 bits per heavy atom. The molecule has 0 spiro atoms. The summed E-state index contributed by atoms with van der Waals surface area (Å²) in [6, 6.07) is 18.0. The van der Waals surface area contributed by atoms with Crippen LogP contribution in [0.2, 0.25) is 0 Å². The van der Waals surface area contributed by atoms with Crippen LogP contribution in [0.5, 0.6) is 0 Å². The fourth-order valence-electron chi connectivity index (χ4n) is 2.80. The third-order valence-electron chi connectivity index (χ3n) is 4.53. The number of nitrogens with one attached hydrogen (secondary N) is 1. The second kappa shape index (κ2) is 6.34. The zero-order valence-electron chi connectivity index (χ0n) is 13.7. The monoisotopic (exact) mass is 307 g/mol. The van der Waals surface area contributed by atoms with E-state index in [1.807, 2.05) is 36.4 Å². The second-order valence-electron chi connectivity index (χ2n) is 5.90. The summed E-state index contributed by atoms with van der Waals surface area (Å²) < 4.78 is 0. The van der Waals surface area contributed by atoms with Crippen LogP contribution in [-0.2, 0) is 0 Å². The first-order valence-electron chi connectivity index (χ1n) is 7.84. The molecule has 0 saturated carbocycles. The molecule has 1 heterocycles. The SMILES string of the molecule is C[C@H](c1nc2ccccc2c(=O)[nH]1)N(C)[C@@H](C)c1ccccc1. The molecule has 4 nitrogen and oxygen atoms in total. The summed E-state index contributed by atoms with van der Waals surface area (Å²) in [6.07, 6.45) is 0. The number of para-hydroxylation sites is 1. The van der Waals surface area contributed by atoms with Crippen molar-refractivity contribution >= 4 is 10.9 Å². The van der Waals surface area contributed by atoms with Crippen LogP contribution in [0.4, 0.5) is 0 Å².